The van der Waals surface area contributed by atoms with Gasteiger partial charge in [0.2, 0.25) is 5.89 Å². The topological polar surface area (TPSA) is 91.0 Å². The quantitative estimate of drug-likeness (QED) is 0.327. The van der Waals surface area contributed by atoms with Gasteiger partial charge in [-0.15, -0.1) is 0 Å². The zero-order valence-corrected chi connectivity index (χ0v) is 19.1. The normalized spacial score (nSPS) is 13.5. The monoisotopic (exact) mass is 487 g/mol. The van der Waals surface area contributed by atoms with E-state index < -0.39 is 6.61 Å². The van der Waals surface area contributed by atoms with Crippen molar-refractivity contribution in [2.24, 2.45) is 5.92 Å². The van der Waals surface area contributed by atoms with Gasteiger partial charge < -0.3 is 23.7 Å². The van der Waals surface area contributed by atoms with E-state index in [-0.39, 0.29) is 42.8 Å². The Balaban J connectivity index is 1.42. The smallest absolute Gasteiger partial charge is 0.387 e. The molecule has 2 aromatic carbocycles. The maximum absolute atomic E-state index is 12.8. The second-order valence-electron chi connectivity index (χ2n) is 8.28. The molecule has 0 atom stereocenters. The van der Waals surface area contributed by atoms with Crippen LogP contribution >= 0.6 is 0 Å². The van der Waals surface area contributed by atoms with Gasteiger partial charge in [0.1, 0.15) is 18.6 Å². The van der Waals surface area contributed by atoms with Crippen LogP contribution in [0.5, 0.6) is 17.2 Å². The van der Waals surface area contributed by atoms with Crippen LogP contribution in [0.3, 0.4) is 0 Å². The molecule has 0 saturated heterocycles. The van der Waals surface area contributed by atoms with Crippen LogP contribution in [0.15, 0.2) is 53.1 Å². The van der Waals surface area contributed by atoms with E-state index in [1.54, 1.807) is 36.4 Å². The molecule has 1 aliphatic rings. The lowest BCUT2D eigenvalue weighted by Crippen LogP contribution is -2.19. The first-order valence-electron chi connectivity index (χ1n) is 11.6. The van der Waals surface area contributed by atoms with Gasteiger partial charge in [-0.05, 0) is 49.1 Å². The van der Waals surface area contributed by atoms with Crippen LogP contribution in [-0.2, 0) is 6.42 Å². The Hall–Kier alpha value is -3.46. The maximum atomic E-state index is 12.8. The molecule has 3 aromatic rings. The number of nitrogens with zero attached hydrogens (tertiary/aromatic N) is 1. The number of alkyl halides is 2. The number of rotatable bonds is 13. The summed E-state index contributed by atoms with van der Waals surface area (Å²) in [5.41, 5.74) is 1.56. The van der Waals surface area contributed by atoms with Gasteiger partial charge in [0, 0.05) is 18.4 Å². The standard InChI is InChI=1S/C26H27F2NO6/c27-26(28)35-23-11-8-18(14-24(23)33-15-17-4-3-5-17)25-29-19(16-34-25)9-10-21(31)20-6-1-2-7-22(20)32-13-12-30/h1-2,6-8,11,14,16-17,26,30H,3-5,9-10,12-13,15H2. The molecule has 9 heteroatoms. The van der Waals surface area contributed by atoms with E-state index in [4.69, 9.17) is 19.0 Å². The fourth-order valence-electron chi connectivity index (χ4n) is 3.72. The summed E-state index contributed by atoms with van der Waals surface area (Å²) in [6, 6.07) is 11.4. The Kier molecular flexibility index (Phi) is 8.31. The third kappa shape index (κ3) is 6.57. The predicted molar refractivity (Wildman–Crippen MR) is 123 cm³/mol. The van der Waals surface area contributed by atoms with Crippen LogP contribution in [0.2, 0.25) is 0 Å². The molecule has 4 rings (SSSR count). The number of benzene rings is 2. The molecule has 0 aliphatic heterocycles. The van der Waals surface area contributed by atoms with Crippen molar-refractivity contribution in [2.45, 2.75) is 38.7 Å². The first-order chi connectivity index (χ1) is 17.0. The van der Waals surface area contributed by atoms with Crippen molar-refractivity contribution < 1.29 is 37.3 Å². The molecule has 1 aromatic heterocycles. The highest BCUT2D eigenvalue weighted by Gasteiger charge is 2.21. The van der Waals surface area contributed by atoms with Gasteiger partial charge in [-0.1, -0.05) is 18.6 Å². The molecule has 0 bridgehead atoms. The van der Waals surface area contributed by atoms with E-state index in [2.05, 4.69) is 9.72 Å². The Bertz CT molecular complexity index is 1130. The molecule has 186 valence electrons. The Labute approximate surface area is 201 Å². The fraction of sp³-hybridized carbons (Fsp3) is 0.385. The fourth-order valence-corrected chi connectivity index (χ4v) is 3.72. The number of Topliss-reactive ketones (excluding diaryl/α,β-unsaturated/α-hetero) is 1. The predicted octanol–water partition coefficient (Wildman–Crippen LogP) is 5.31. The lowest BCUT2D eigenvalue weighted by molar-refractivity contribution is -0.0517. The van der Waals surface area contributed by atoms with Crippen LogP contribution in [-0.4, -0.2) is 42.3 Å². The number of hydrogen-bond acceptors (Lipinski definition) is 7. The van der Waals surface area contributed by atoms with Gasteiger partial charge in [-0.2, -0.15) is 8.78 Å². The molecule has 1 fully saturated rings. The van der Waals surface area contributed by atoms with Crippen LogP contribution < -0.4 is 14.2 Å². The second kappa shape index (κ2) is 11.8. The van der Waals surface area contributed by atoms with Crippen LogP contribution in [0.4, 0.5) is 8.78 Å². The number of para-hydroxylation sites is 1. The number of carbonyl (C=O) groups excluding carboxylic acids is 1. The molecule has 1 aliphatic carbocycles. The average molecular weight is 487 g/mol. The van der Waals surface area contributed by atoms with Crippen molar-refractivity contribution in [3.8, 4) is 28.7 Å². The lowest BCUT2D eigenvalue weighted by atomic mass is 9.86. The summed E-state index contributed by atoms with van der Waals surface area (Å²) in [6.07, 6.45) is 5.26. The molecule has 1 N–H and O–H groups in total. The van der Waals surface area contributed by atoms with E-state index in [0.717, 1.165) is 19.3 Å². The number of carbonyl (C=O) groups is 1. The molecule has 1 saturated carbocycles. The van der Waals surface area contributed by atoms with Crippen molar-refractivity contribution in [1.29, 1.82) is 0 Å². The van der Waals surface area contributed by atoms with Gasteiger partial charge in [-0.25, -0.2) is 4.98 Å². The van der Waals surface area contributed by atoms with Gasteiger partial charge >= 0.3 is 6.61 Å². The third-order valence-electron chi connectivity index (χ3n) is 5.80. The van der Waals surface area contributed by atoms with E-state index in [1.807, 2.05) is 0 Å². The molecule has 0 spiro atoms. The molecular weight excluding hydrogens is 460 g/mol. The number of aliphatic hydroxyl groups is 1. The molecular formula is C26H27F2NO6. The molecule has 0 amide bonds. The number of halogens is 2. The number of hydrogen-bond donors (Lipinski definition) is 1. The first kappa shape index (κ1) is 24.7. The second-order valence-corrected chi connectivity index (χ2v) is 8.28. The number of ether oxygens (including phenoxy) is 3. The Morgan fingerprint density at radius 3 is 2.69 bits per heavy atom. The summed E-state index contributed by atoms with van der Waals surface area (Å²) in [7, 11) is 0. The van der Waals surface area contributed by atoms with Crippen molar-refractivity contribution in [2.75, 3.05) is 19.8 Å². The summed E-state index contributed by atoms with van der Waals surface area (Å²) in [5, 5.41) is 8.97. The van der Waals surface area contributed by atoms with Gasteiger partial charge in [0.25, 0.3) is 0 Å². The number of ketones is 1. The van der Waals surface area contributed by atoms with Crippen molar-refractivity contribution in [1.82, 2.24) is 4.98 Å². The zero-order chi connectivity index (χ0) is 24.6. The molecule has 7 nitrogen and oxygen atoms in total. The Morgan fingerprint density at radius 1 is 1.11 bits per heavy atom. The zero-order valence-electron chi connectivity index (χ0n) is 19.1. The van der Waals surface area contributed by atoms with Gasteiger partial charge in [0.05, 0.1) is 24.5 Å². The molecule has 35 heavy (non-hydrogen) atoms. The lowest BCUT2D eigenvalue weighted by Gasteiger charge is -2.25. The highest BCUT2D eigenvalue weighted by molar-refractivity contribution is 5.98. The minimum atomic E-state index is -2.96. The van der Waals surface area contributed by atoms with E-state index in [1.165, 1.54) is 12.3 Å². The molecule has 0 unspecified atom stereocenters. The largest absolute Gasteiger partial charge is 0.490 e. The summed E-state index contributed by atoms with van der Waals surface area (Å²) in [5.74, 6) is 1.18. The van der Waals surface area contributed by atoms with Crippen molar-refractivity contribution >= 4 is 5.78 Å². The minimum absolute atomic E-state index is 0.0393. The maximum Gasteiger partial charge on any atom is 0.387 e. The molecule has 0 radical (unpaired) electrons. The Morgan fingerprint density at radius 2 is 1.94 bits per heavy atom. The van der Waals surface area contributed by atoms with E-state index >= 15 is 0 Å². The minimum Gasteiger partial charge on any atom is -0.490 e. The van der Waals surface area contributed by atoms with E-state index in [9.17, 15) is 13.6 Å². The first-order valence-corrected chi connectivity index (χ1v) is 11.6. The highest BCUT2D eigenvalue weighted by Crippen LogP contribution is 2.35. The van der Waals surface area contributed by atoms with Crippen LogP contribution in [0.1, 0.15) is 41.7 Å². The number of oxazole rings is 1. The number of aryl methyl sites for hydroxylation is 1. The SMILES string of the molecule is O=C(CCc1coc(-c2ccc(OC(F)F)c(OCC3CCC3)c2)n1)c1ccccc1OCCO. The summed E-state index contributed by atoms with van der Waals surface area (Å²) >= 11 is 0. The van der Waals surface area contributed by atoms with Gasteiger partial charge in [-0.3, -0.25) is 4.79 Å². The van der Waals surface area contributed by atoms with Crippen LogP contribution in [0.25, 0.3) is 11.5 Å². The summed E-state index contributed by atoms with van der Waals surface area (Å²) in [6.45, 7) is -2.57. The average Bonchev–Trinajstić information content (AvgIpc) is 3.30. The van der Waals surface area contributed by atoms with E-state index in [0.29, 0.717) is 41.5 Å². The number of aromatic nitrogens is 1. The summed E-state index contributed by atoms with van der Waals surface area (Å²) < 4.78 is 47.0. The molecule has 1 heterocycles. The van der Waals surface area contributed by atoms with Crippen molar-refractivity contribution in [3.63, 3.8) is 0 Å². The third-order valence-corrected chi connectivity index (χ3v) is 5.80. The van der Waals surface area contributed by atoms with Crippen LogP contribution in [0, 0.1) is 5.92 Å². The van der Waals surface area contributed by atoms with Crippen molar-refractivity contribution in [3.05, 3.63) is 60.0 Å². The summed E-state index contributed by atoms with van der Waals surface area (Å²) in [4.78, 5) is 17.2. The number of aliphatic hydroxyl groups excluding tert-OH is 1. The van der Waals surface area contributed by atoms with Gasteiger partial charge in [0.15, 0.2) is 17.3 Å². The highest BCUT2D eigenvalue weighted by atomic mass is 19.3.